The Morgan fingerprint density at radius 1 is 1.33 bits per heavy atom. The van der Waals surface area contributed by atoms with Crippen LogP contribution in [0.3, 0.4) is 0 Å². The third-order valence-electron chi connectivity index (χ3n) is 2.98. The molecular weight excluding hydrogens is 226 g/mol. The van der Waals surface area contributed by atoms with Crippen molar-refractivity contribution >= 4 is 0 Å². The van der Waals surface area contributed by atoms with Gasteiger partial charge in [0.25, 0.3) is 0 Å². The van der Waals surface area contributed by atoms with Crippen LogP contribution in [0.25, 0.3) is 0 Å². The lowest BCUT2D eigenvalue weighted by atomic mass is 9.97. The Morgan fingerprint density at radius 2 is 1.94 bits per heavy atom. The summed E-state index contributed by atoms with van der Waals surface area (Å²) < 4.78 is 1.89. The molecule has 2 N–H and O–H groups in total. The van der Waals surface area contributed by atoms with E-state index in [0.717, 1.165) is 12.2 Å². The summed E-state index contributed by atoms with van der Waals surface area (Å²) in [6.45, 7) is 13.1. The molecule has 0 radical (unpaired) electrons. The maximum absolute atomic E-state index is 10.6. The fourth-order valence-corrected chi connectivity index (χ4v) is 1.96. The number of rotatable bonds is 5. The van der Waals surface area contributed by atoms with Gasteiger partial charge in [0, 0.05) is 17.8 Å². The molecule has 1 rings (SSSR count). The minimum absolute atomic E-state index is 0.0778. The molecule has 1 aromatic heterocycles. The van der Waals surface area contributed by atoms with E-state index in [4.69, 9.17) is 0 Å². The van der Waals surface area contributed by atoms with Crippen molar-refractivity contribution in [2.24, 2.45) is 0 Å². The minimum Gasteiger partial charge on any atom is -0.384 e. The van der Waals surface area contributed by atoms with Crippen molar-refractivity contribution in [2.75, 3.05) is 6.54 Å². The first-order valence-electron chi connectivity index (χ1n) is 6.65. The molecule has 0 spiro atoms. The smallest absolute Gasteiger partial charge is 0.105 e. The Balaban J connectivity index is 2.71. The number of hydrogen-bond acceptors (Lipinski definition) is 3. The molecule has 1 aromatic rings. The van der Waals surface area contributed by atoms with Crippen LogP contribution in [0.5, 0.6) is 0 Å². The first-order chi connectivity index (χ1) is 8.13. The highest BCUT2D eigenvalue weighted by atomic mass is 16.3. The number of hydrogen-bond donors (Lipinski definition) is 2. The van der Waals surface area contributed by atoms with E-state index in [2.05, 4.69) is 45.0 Å². The molecule has 1 atom stereocenters. The number of aliphatic hydroxyl groups is 1. The zero-order valence-electron chi connectivity index (χ0n) is 12.5. The van der Waals surface area contributed by atoms with E-state index in [1.54, 1.807) is 6.20 Å². The van der Waals surface area contributed by atoms with Crippen LogP contribution in [-0.2, 0) is 5.60 Å². The molecule has 0 amide bonds. The molecule has 0 aliphatic rings. The lowest BCUT2D eigenvalue weighted by Crippen LogP contribution is -2.39. The SMILES string of the molecule is CC(C)n1nccc1C(C)(O)CCNC(C)(C)C. The van der Waals surface area contributed by atoms with Crippen LogP contribution >= 0.6 is 0 Å². The van der Waals surface area contributed by atoms with E-state index in [1.807, 2.05) is 17.7 Å². The quantitative estimate of drug-likeness (QED) is 0.847. The molecule has 0 saturated heterocycles. The predicted octanol–water partition coefficient (Wildman–Crippen LogP) is 2.45. The van der Waals surface area contributed by atoms with Crippen LogP contribution in [0, 0.1) is 0 Å². The van der Waals surface area contributed by atoms with E-state index in [-0.39, 0.29) is 11.6 Å². The monoisotopic (exact) mass is 253 g/mol. The van der Waals surface area contributed by atoms with Crippen LogP contribution in [0.4, 0.5) is 0 Å². The van der Waals surface area contributed by atoms with Crippen molar-refractivity contribution in [3.05, 3.63) is 18.0 Å². The molecule has 1 heterocycles. The van der Waals surface area contributed by atoms with Crippen molar-refractivity contribution in [3.63, 3.8) is 0 Å². The molecule has 4 heteroatoms. The van der Waals surface area contributed by atoms with Gasteiger partial charge in [-0.25, -0.2) is 0 Å². The van der Waals surface area contributed by atoms with E-state index in [0.29, 0.717) is 6.42 Å². The number of nitrogens with zero attached hydrogens (tertiary/aromatic N) is 2. The van der Waals surface area contributed by atoms with Crippen LogP contribution < -0.4 is 5.32 Å². The summed E-state index contributed by atoms with van der Waals surface area (Å²) in [5.74, 6) is 0. The zero-order valence-corrected chi connectivity index (χ0v) is 12.5. The van der Waals surface area contributed by atoms with Gasteiger partial charge in [0.1, 0.15) is 5.60 Å². The van der Waals surface area contributed by atoms with Gasteiger partial charge < -0.3 is 10.4 Å². The molecule has 104 valence electrons. The van der Waals surface area contributed by atoms with Gasteiger partial charge in [-0.15, -0.1) is 0 Å². The maximum atomic E-state index is 10.6. The summed E-state index contributed by atoms with van der Waals surface area (Å²) >= 11 is 0. The number of nitrogens with one attached hydrogen (secondary N) is 1. The zero-order chi connectivity index (χ0) is 14.0. The average Bonchev–Trinajstić information content (AvgIpc) is 2.63. The highest BCUT2D eigenvalue weighted by molar-refractivity contribution is 5.11. The van der Waals surface area contributed by atoms with Crippen LogP contribution in [-0.4, -0.2) is 27.0 Å². The highest BCUT2D eigenvalue weighted by Crippen LogP contribution is 2.25. The Hall–Kier alpha value is -0.870. The normalized spacial score (nSPS) is 16.0. The van der Waals surface area contributed by atoms with Gasteiger partial charge in [-0.05, 0) is 60.6 Å². The second kappa shape index (κ2) is 5.41. The fourth-order valence-electron chi connectivity index (χ4n) is 1.96. The second-order valence-electron chi connectivity index (χ2n) is 6.46. The van der Waals surface area contributed by atoms with Crippen molar-refractivity contribution in [3.8, 4) is 0 Å². The molecule has 0 saturated carbocycles. The van der Waals surface area contributed by atoms with Crippen molar-refractivity contribution in [2.45, 2.75) is 65.1 Å². The van der Waals surface area contributed by atoms with E-state index >= 15 is 0 Å². The molecule has 0 fully saturated rings. The largest absolute Gasteiger partial charge is 0.384 e. The summed E-state index contributed by atoms with van der Waals surface area (Å²) in [4.78, 5) is 0. The van der Waals surface area contributed by atoms with Gasteiger partial charge in [-0.1, -0.05) is 0 Å². The fraction of sp³-hybridized carbons (Fsp3) is 0.786. The van der Waals surface area contributed by atoms with E-state index in [9.17, 15) is 5.11 Å². The van der Waals surface area contributed by atoms with Gasteiger partial charge in [-0.3, -0.25) is 4.68 Å². The Bertz CT molecular complexity index is 375. The van der Waals surface area contributed by atoms with Crippen molar-refractivity contribution in [1.82, 2.24) is 15.1 Å². The summed E-state index contributed by atoms with van der Waals surface area (Å²) in [5, 5.41) is 18.3. The van der Waals surface area contributed by atoms with Crippen LogP contribution in [0.1, 0.15) is 59.7 Å². The second-order valence-corrected chi connectivity index (χ2v) is 6.46. The lowest BCUT2D eigenvalue weighted by molar-refractivity contribution is 0.0359. The minimum atomic E-state index is -0.848. The summed E-state index contributed by atoms with van der Waals surface area (Å²) in [7, 11) is 0. The molecule has 0 bridgehead atoms. The van der Waals surface area contributed by atoms with Crippen molar-refractivity contribution in [1.29, 1.82) is 0 Å². The number of aromatic nitrogens is 2. The highest BCUT2D eigenvalue weighted by Gasteiger charge is 2.27. The predicted molar refractivity (Wildman–Crippen MR) is 74.6 cm³/mol. The summed E-state index contributed by atoms with van der Waals surface area (Å²) in [6, 6.07) is 2.16. The Kier molecular flexibility index (Phi) is 4.56. The first-order valence-corrected chi connectivity index (χ1v) is 6.65. The van der Waals surface area contributed by atoms with Crippen LogP contribution in [0.15, 0.2) is 12.3 Å². The van der Waals surface area contributed by atoms with Gasteiger partial charge in [-0.2, -0.15) is 5.10 Å². The molecule has 18 heavy (non-hydrogen) atoms. The average molecular weight is 253 g/mol. The molecule has 4 nitrogen and oxygen atoms in total. The van der Waals surface area contributed by atoms with Crippen molar-refractivity contribution < 1.29 is 5.11 Å². The van der Waals surface area contributed by atoms with Crippen LogP contribution in [0.2, 0.25) is 0 Å². The summed E-state index contributed by atoms with van der Waals surface area (Å²) in [5.41, 5.74) is 0.112. The maximum Gasteiger partial charge on any atom is 0.105 e. The van der Waals surface area contributed by atoms with Gasteiger partial charge in [0.05, 0.1) is 5.69 Å². The molecular formula is C14H27N3O. The molecule has 1 unspecified atom stereocenters. The van der Waals surface area contributed by atoms with Gasteiger partial charge >= 0.3 is 0 Å². The standard InChI is InChI=1S/C14H27N3O/c1-11(2)17-12(7-9-16-17)14(6,18)8-10-15-13(3,4)5/h7,9,11,15,18H,8,10H2,1-6H3. The topological polar surface area (TPSA) is 50.1 Å². The molecule has 0 aliphatic heterocycles. The Morgan fingerprint density at radius 3 is 2.44 bits per heavy atom. The molecule has 0 aromatic carbocycles. The molecule has 0 aliphatic carbocycles. The van der Waals surface area contributed by atoms with E-state index < -0.39 is 5.60 Å². The summed E-state index contributed by atoms with van der Waals surface area (Å²) in [6.07, 6.45) is 2.42. The van der Waals surface area contributed by atoms with Gasteiger partial charge in [0.15, 0.2) is 0 Å². The third-order valence-corrected chi connectivity index (χ3v) is 2.98. The van der Waals surface area contributed by atoms with E-state index in [1.165, 1.54) is 0 Å². The first kappa shape index (κ1) is 15.2. The Labute approximate surface area is 110 Å². The lowest BCUT2D eigenvalue weighted by Gasteiger charge is -2.28. The third kappa shape index (κ3) is 4.10. The van der Waals surface area contributed by atoms with Gasteiger partial charge in [0.2, 0.25) is 0 Å².